The van der Waals surface area contributed by atoms with E-state index in [1.165, 1.54) is 5.56 Å². The maximum atomic E-state index is 5.81. The number of hydrogen-bond acceptors (Lipinski definition) is 5. The molecule has 0 unspecified atom stereocenters. The lowest BCUT2D eigenvalue weighted by atomic mass is 10.2. The minimum Gasteiger partial charge on any atom is -0.493 e. The van der Waals surface area contributed by atoms with Gasteiger partial charge in [0.1, 0.15) is 6.61 Å². The number of thiophene rings is 1. The minimum atomic E-state index is 0.561. The maximum absolute atomic E-state index is 5.81. The average molecular weight is 307 g/mol. The first-order valence-electron chi connectivity index (χ1n) is 6.84. The summed E-state index contributed by atoms with van der Waals surface area (Å²) in [5, 5.41) is 7.44. The van der Waals surface area contributed by atoms with Gasteiger partial charge in [0.15, 0.2) is 11.5 Å². The SMILES string of the molecule is COCCNCc1ccc(OCc2ccsc2)c(OC)c1. The van der Waals surface area contributed by atoms with E-state index in [2.05, 4.69) is 16.8 Å². The van der Waals surface area contributed by atoms with Crippen LogP contribution in [0.15, 0.2) is 35.0 Å². The first kappa shape index (κ1) is 15.8. The predicted molar refractivity (Wildman–Crippen MR) is 85.2 cm³/mol. The van der Waals surface area contributed by atoms with Crippen LogP contribution in [0.25, 0.3) is 0 Å². The Morgan fingerprint density at radius 3 is 2.71 bits per heavy atom. The lowest BCUT2D eigenvalue weighted by molar-refractivity contribution is 0.199. The molecule has 0 saturated carbocycles. The molecule has 0 aliphatic rings. The molecule has 0 amide bonds. The summed E-state index contributed by atoms with van der Waals surface area (Å²) in [6.07, 6.45) is 0. The van der Waals surface area contributed by atoms with Gasteiger partial charge in [-0.3, -0.25) is 0 Å². The van der Waals surface area contributed by atoms with Gasteiger partial charge in [-0.15, -0.1) is 0 Å². The Bertz CT molecular complexity index is 528. The van der Waals surface area contributed by atoms with Crippen molar-refractivity contribution in [1.29, 1.82) is 0 Å². The van der Waals surface area contributed by atoms with Gasteiger partial charge in [0, 0.05) is 20.2 Å². The second-order valence-corrected chi connectivity index (χ2v) is 5.36. The molecule has 114 valence electrons. The summed E-state index contributed by atoms with van der Waals surface area (Å²) in [5.41, 5.74) is 2.33. The Kier molecular flexibility index (Phi) is 6.53. The highest BCUT2D eigenvalue weighted by atomic mass is 32.1. The molecular weight excluding hydrogens is 286 g/mol. The summed E-state index contributed by atoms with van der Waals surface area (Å²) in [4.78, 5) is 0. The molecule has 0 spiro atoms. The van der Waals surface area contributed by atoms with Gasteiger partial charge in [-0.1, -0.05) is 6.07 Å². The van der Waals surface area contributed by atoms with Crippen molar-refractivity contribution >= 4 is 11.3 Å². The fourth-order valence-electron chi connectivity index (χ4n) is 1.88. The van der Waals surface area contributed by atoms with Crippen LogP contribution in [-0.2, 0) is 17.9 Å². The third-order valence-electron chi connectivity index (χ3n) is 3.01. The van der Waals surface area contributed by atoms with Crippen molar-refractivity contribution < 1.29 is 14.2 Å². The third-order valence-corrected chi connectivity index (χ3v) is 3.75. The fraction of sp³-hybridized carbons (Fsp3) is 0.375. The van der Waals surface area contributed by atoms with Crippen LogP contribution in [0.2, 0.25) is 0 Å². The van der Waals surface area contributed by atoms with E-state index in [9.17, 15) is 0 Å². The number of hydrogen-bond donors (Lipinski definition) is 1. The van der Waals surface area contributed by atoms with Gasteiger partial charge in [-0.25, -0.2) is 0 Å². The van der Waals surface area contributed by atoms with Gasteiger partial charge in [-0.2, -0.15) is 11.3 Å². The Labute approximate surface area is 129 Å². The predicted octanol–water partition coefficient (Wildman–Crippen LogP) is 3.07. The number of nitrogens with one attached hydrogen (secondary N) is 1. The summed E-state index contributed by atoms with van der Waals surface area (Å²) >= 11 is 1.67. The van der Waals surface area contributed by atoms with E-state index in [1.54, 1.807) is 25.6 Å². The molecular formula is C16H21NO3S. The van der Waals surface area contributed by atoms with Crippen molar-refractivity contribution in [3.05, 3.63) is 46.2 Å². The van der Waals surface area contributed by atoms with Crippen LogP contribution in [0.1, 0.15) is 11.1 Å². The van der Waals surface area contributed by atoms with Crippen LogP contribution < -0.4 is 14.8 Å². The van der Waals surface area contributed by atoms with Crippen LogP contribution in [0, 0.1) is 0 Å². The molecule has 1 aromatic heterocycles. The van der Waals surface area contributed by atoms with Crippen molar-refractivity contribution in [2.24, 2.45) is 0 Å². The van der Waals surface area contributed by atoms with Crippen LogP contribution in [-0.4, -0.2) is 27.4 Å². The van der Waals surface area contributed by atoms with Gasteiger partial charge in [0.05, 0.1) is 13.7 Å². The van der Waals surface area contributed by atoms with Crippen molar-refractivity contribution in [3.8, 4) is 11.5 Å². The summed E-state index contributed by atoms with van der Waals surface area (Å²) in [6, 6.07) is 8.07. The molecule has 0 saturated heterocycles. The van der Waals surface area contributed by atoms with Crippen molar-refractivity contribution in [2.75, 3.05) is 27.4 Å². The Balaban J connectivity index is 1.92. The van der Waals surface area contributed by atoms with E-state index in [0.29, 0.717) is 13.2 Å². The molecule has 2 rings (SSSR count). The minimum absolute atomic E-state index is 0.561. The third kappa shape index (κ3) is 5.04. The number of rotatable bonds is 9. The molecule has 0 radical (unpaired) electrons. The van der Waals surface area contributed by atoms with Crippen LogP contribution in [0.5, 0.6) is 11.5 Å². The first-order valence-corrected chi connectivity index (χ1v) is 7.78. The zero-order valence-corrected chi connectivity index (χ0v) is 13.2. The molecule has 1 N–H and O–H groups in total. The molecule has 0 bridgehead atoms. The molecule has 0 atom stereocenters. The Morgan fingerprint density at radius 1 is 1.10 bits per heavy atom. The average Bonchev–Trinajstić information content (AvgIpc) is 3.03. The van der Waals surface area contributed by atoms with E-state index in [4.69, 9.17) is 14.2 Å². The summed E-state index contributed by atoms with van der Waals surface area (Å²) < 4.78 is 16.2. The molecule has 4 nitrogen and oxygen atoms in total. The zero-order valence-electron chi connectivity index (χ0n) is 12.4. The Hall–Kier alpha value is -1.56. The lowest BCUT2D eigenvalue weighted by Crippen LogP contribution is -2.18. The maximum Gasteiger partial charge on any atom is 0.161 e. The van der Waals surface area contributed by atoms with E-state index in [0.717, 1.165) is 30.2 Å². The molecule has 0 aliphatic heterocycles. The van der Waals surface area contributed by atoms with E-state index < -0.39 is 0 Å². The van der Waals surface area contributed by atoms with Crippen molar-refractivity contribution in [3.63, 3.8) is 0 Å². The second-order valence-electron chi connectivity index (χ2n) is 4.58. The normalized spacial score (nSPS) is 10.6. The number of methoxy groups -OCH3 is 2. The van der Waals surface area contributed by atoms with E-state index >= 15 is 0 Å². The molecule has 1 heterocycles. The Morgan fingerprint density at radius 2 is 2.00 bits per heavy atom. The molecule has 0 aliphatic carbocycles. The monoisotopic (exact) mass is 307 g/mol. The smallest absolute Gasteiger partial charge is 0.161 e. The standard InChI is InChI=1S/C16H21NO3S/c1-18-7-6-17-10-13-3-4-15(16(9-13)19-2)20-11-14-5-8-21-12-14/h3-5,8-9,12,17H,6-7,10-11H2,1-2H3. The molecule has 0 fully saturated rings. The summed E-state index contributed by atoms with van der Waals surface area (Å²) in [7, 11) is 3.36. The van der Waals surface area contributed by atoms with Crippen molar-refractivity contribution in [1.82, 2.24) is 5.32 Å². The highest BCUT2D eigenvalue weighted by Gasteiger charge is 2.06. The van der Waals surface area contributed by atoms with Gasteiger partial charge < -0.3 is 19.5 Å². The van der Waals surface area contributed by atoms with E-state index in [-0.39, 0.29) is 0 Å². The van der Waals surface area contributed by atoms with Gasteiger partial charge in [0.25, 0.3) is 0 Å². The fourth-order valence-corrected chi connectivity index (χ4v) is 2.54. The first-order chi connectivity index (χ1) is 10.3. The molecule has 1 aromatic carbocycles. The topological polar surface area (TPSA) is 39.7 Å². The van der Waals surface area contributed by atoms with Crippen LogP contribution >= 0.6 is 11.3 Å². The highest BCUT2D eigenvalue weighted by molar-refractivity contribution is 7.07. The summed E-state index contributed by atoms with van der Waals surface area (Å²) in [6.45, 7) is 2.88. The highest BCUT2D eigenvalue weighted by Crippen LogP contribution is 2.29. The van der Waals surface area contributed by atoms with Gasteiger partial charge in [-0.05, 0) is 40.1 Å². The largest absolute Gasteiger partial charge is 0.493 e. The van der Waals surface area contributed by atoms with E-state index in [1.807, 2.05) is 23.6 Å². The lowest BCUT2D eigenvalue weighted by Gasteiger charge is -2.12. The quantitative estimate of drug-likeness (QED) is 0.723. The summed E-state index contributed by atoms with van der Waals surface area (Å²) in [5.74, 6) is 1.53. The van der Waals surface area contributed by atoms with Gasteiger partial charge in [0.2, 0.25) is 0 Å². The van der Waals surface area contributed by atoms with Crippen molar-refractivity contribution in [2.45, 2.75) is 13.2 Å². The van der Waals surface area contributed by atoms with Crippen LogP contribution in [0.3, 0.4) is 0 Å². The number of ether oxygens (including phenoxy) is 3. The molecule has 5 heteroatoms. The van der Waals surface area contributed by atoms with Crippen LogP contribution in [0.4, 0.5) is 0 Å². The molecule has 2 aromatic rings. The van der Waals surface area contributed by atoms with Gasteiger partial charge >= 0.3 is 0 Å². The second kappa shape index (κ2) is 8.67. The molecule has 21 heavy (non-hydrogen) atoms. The zero-order chi connectivity index (χ0) is 14.9. The number of benzene rings is 1.